The Morgan fingerprint density at radius 2 is 1.92 bits per heavy atom. The number of likely N-dealkylation sites (tertiary alicyclic amines) is 1. The number of rotatable bonds is 3. The number of aryl methyl sites for hydroxylation is 2. The molecule has 2 aliphatic heterocycles. The van der Waals surface area contributed by atoms with E-state index in [4.69, 9.17) is 0 Å². The van der Waals surface area contributed by atoms with E-state index >= 15 is 8.78 Å². The van der Waals surface area contributed by atoms with Gasteiger partial charge in [0.25, 0.3) is 5.91 Å². The molecule has 6 rings (SSSR count). The van der Waals surface area contributed by atoms with Gasteiger partial charge < -0.3 is 10.0 Å². The molecule has 0 spiro atoms. The molecule has 0 bridgehead atoms. The lowest BCUT2D eigenvalue weighted by Crippen LogP contribution is -2.53. The van der Waals surface area contributed by atoms with E-state index in [9.17, 15) is 9.90 Å². The Balaban J connectivity index is 1.52. The summed E-state index contributed by atoms with van der Waals surface area (Å²) < 4.78 is 32.5. The van der Waals surface area contributed by atoms with Crippen LogP contribution in [0.4, 0.5) is 20.3 Å². The third-order valence-corrected chi connectivity index (χ3v) is 6.98. The number of benzene rings is 2. The highest BCUT2D eigenvalue weighted by Gasteiger charge is 2.38. The number of aromatic nitrogens is 3. The van der Waals surface area contributed by atoms with E-state index in [-0.39, 0.29) is 36.9 Å². The molecule has 9 heteroatoms. The second kappa shape index (κ2) is 8.37. The quantitative estimate of drug-likeness (QED) is 0.439. The average molecular weight is 490 g/mol. The Morgan fingerprint density at radius 1 is 1.14 bits per heavy atom. The number of nitrogens with zero attached hydrogens (tertiary/aromatic N) is 5. The molecule has 0 radical (unpaired) electrons. The highest BCUT2D eigenvalue weighted by molar-refractivity contribution is 6.02. The van der Waals surface area contributed by atoms with Crippen LogP contribution in [0.25, 0.3) is 21.9 Å². The number of alkyl halides is 2. The van der Waals surface area contributed by atoms with Crippen molar-refractivity contribution in [1.29, 1.82) is 0 Å². The van der Waals surface area contributed by atoms with Crippen molar-refractivity contribution in [3.63, 3.8) is 0 Å². The Labute approximate surface area is 206 Å². The molecule has 7 nitrogen and oxygen atoms in total. The summed E-state index contributed by atoms with van der Waals surface area (Å²) in [4.78, 5) is 20.4. The van der Waals surface area contributed by atoms with Crippen molar-refractivity contribution in [1.82, 2.24) is 19.7 Å². The van der Waals surface area contributed by atoms with Gasteiger partial charge in [-0.3, -0.25) is 14.4 Å². The second-order valence-corrected chi connectivity index (χ2v) is 9.58. The molecule has 1 saturated heterocycles. The van der Waals surface area contributed by atoms with Gasteiger partial charge in [0.05, 0.1) is 12.3 Å². The van der Waals surface area contributed by atoms with Gasteiger partial charge in [-0.15, -0.1) is 0 Å². The molecule has 1 fully saturated rings. The molecule has 0 aliphatic carbocycles. The number of hydrogen-bond acceptors (Lipinski definition) is 5. The summed E-state index contributed by atoms with van der Waals surface area (Å²) in [5, 5.41) is 15.2. The van der Waals surface area contributed by atoms with Crippen LogP contribution in [0.3, 0.4) is 0 Å². The molecule has 2 aromatic heterocycles. The molecule has 36 heavy (non-hydrogen) atoms. The number of amides is 1. The maximum absolute atomic E-state index is 15.7. The van der Waals surface area contributed by atoms with Gasteiger partial charge in [-0.2, -0.15) is 5.10 Å². The van der Waals surface area contributed by atoms with Crippen LogP contribution in [-0.2, 0) is 13.5 Å². The molecule has 2 unspecified atom stereocenters. The van der Waals surface area contributed by atoms with E-state index in [1.807, 2.05) is 50.5 Å². The lowest BCUT2D eigenvalue weighted by Gasteiger charge is -2.38. The Hall–Kier alpha value is -3.85. The van der Waals surface area contributed by atoms with Crippen LogP contribution in [-0.4, -0.2) is 62.3 Å². The maximum atomic E-state index is 15.7. The Bertz CT molecular complexity index is 1500. The zero-order valence-corrected chi connectivity index (χ0v) is 19.9. The van der Waals surface area contributed by atoms with Crippen LogP contribution in [0.15, 0.2) is 54.9 Å². The first-order valence-corrected chi connectivity index (χ1v) is 11.9. The SMILES string of the molecule is Cc1cc2c(cc1-c1cnn(C)c1)CC(F)C(F)N2c1nc(C(=O)N2CC(O)C2)cc2ccccc12. The monoisotopic (exact) mass is 489 g/mol. The number of aliphatic hydroxyl groups is 1. The maximum Gasteiger partial charge on any atom is 0.272 e. The topological polar surface area (TPSA) is 74.5 Å². The zero-order chi connectivity index (χ0) is 25.1. The highest BCUT2D eigenvalue weighted by Crippen LogP contribution is 2.43. The Kier molecular flexibility index (Phi) is 5.26. The van der Waals surface area contributed by atoms with E-state index in [0.717, 1.165) is 16.7 Å². The molecule has 1 amide bonds. The molecule has 0 saturated carbocycles. The highest BCUT2D eigenvalue weighted by atomic mass is 19.2. The summed E-state index contributed by atoms with van der Waals surface area (Å²) in [7, 11) is 1.83. The van der Waals surface area contributed by atoms with Gasteiger partial charge in [-0.05, 0) is 47.2 Å². The lowest BCUT2D eigenvalue weighted by atomic mass is 9.92. The van der Waals surface area contributed by atoms with E-state index in [2.05, 4.69) is 10.1 Å². The number of carbonyl (C=O) groups excluding carboxylic acids is 1. The Morgan fingerprint density at radius 3 is 2.64 bits per heavy atom. The fourth-order valence-electron chi connectivity index (χ4n) is 5.09. The lowest BCUT2D eigenvalue weighted by molar-refractivity contribution is 0.00552. The number of fused-ring (bicyclic) bond motifs is 2. The minimum atomic E-state index is -1.96. The normalized spacial score (nSPS) is 19.9. The number of halogens is 2. The van der Waals surface area contributed by atoms with Gasteiger partial charge in [0.1, 0.15) is 11.5 Å². The molecule has 1 N–H and O–H groups in total. The van der Waals surface area contributed by atoms with Crippen molar-refractivity contribution in [2.45, 2.75) is 31.9 Å². The van der Waals surface area contributed by atoms with Crippen molar-refractivity contribution in [3.8, 4) is 11.1 Å². The van der Waals surface area contributed by atoms with Crippen molar-refractivity contribution in [2.24, 2.45) is 7.05 Å². The average Bonchev–Trinajstić information content (AvgIpc) is 3.28. The van der Waals surface area contributed by atoms with Gasteiger partial charge in [-0.25, -0.2) is 13.8 Å². The number of pyridine rings is 1. The van der Waals surface area contributed by atoms with Crippen LogP contribution in [0, 0.1) is 6.92 Å². The predicted octanol–water partition coefficient (Wildman–Crippen LogP) is 4.09. The van der Waals surface area contributed by atoms with Crippen LogP contribution < -0.4 is 4.90 Å². The van der Waals surface area contributed by atoms with E-state index < -0.39 is 18.6 Å². The fourth-order valence-corrected chi connectivity index (χ4v) is 5.09. The minimum absolute atomic E-state index is 0.0667. The number of β-amino-alcohol motifs (C(OH)–C–C–N with tert-alkyl or cyclic N) is 1. The van der Waals surface area contributed by atoms with Gasteiger partial charge in [0.15, 0.2) is 6.17 Å². The first kappa shape index (κ1) is 22.6. The standard InChI is InChI=1S/C27H25F2N5O2/c1-15-7-24-17(8-21(15)18-11-30-32(2)12-18)9-22(28)25(29)34(24)26-20-6-4-3-5-16(20)10-23(31-26)27(36)33-13-19(35)14-33/h3-8,10-12,19,22,25,35H,9,13-14H2,1-2H3. The smallest absolute Gasteiger partial charge is 0.272 e. The molecule has 2 atom stereocenters. The van der Waals surface area contributed by atoms with E-state index in [0.29, 0.717) is 22.0 Å². The molecule has 4 aromatic rings. The number of carbonyl (C=O) groups is 1. The summed E-state index contributed by atoms with van der Waals surface area (Å²) in [6.45, 7) is 2.38. The molecule has 184 valence electrons. The first-order valence-electron chi connectivity index (χ1n) is 11.9. The molecular formula is C27H25F2N5O2. The summed E-state index contributed by atoms with van der Waals surface area (Å²) in [6, 6.07) is 12.7. The van der Waals surface area contributed by atoms with Gasteiger partial charge >= 0.3 is 0 Å². The van der Waals surface area contributed by atoms with Crippen molar-refractivity contribution >= 4 is 28.2 Å². The van der Waals surface area contributed by atoms with Crippen LogP contribution in [0.5, 0.6) is 0 Å². The van der Waals surface area contributed by atoms with Crippen molar-refractivity contribution in [3.05, 3.63) is 71.7 Å². The third-order valence-electron chi connectivity index (χ3n) is 6.98. The van der Waals surface area contributed by atoms with Crippen molar-refractivity contribution in [2.75, 3.05) is 18.0 Å². The largest absolute Gasteiger partial charge is 0.389 e. The zero-order valence-electron chi connectivity index (χ0n) is 19.9. The third kappa shape index (κ3) is 3.62. The predicted molar refractivity (Wildman–Crippen MR) is 133 cm³/mol. The summed E-state index contributed by atoms with van der Waals surface area (Å²) in [6.07, 6.45) is -0.723. The fraction of sp³-hybridized carbons (Fsp3) is 0.296. The minimum Gasteiger partial charge on any atom is -0.389 e. The van der Waals surface area contributed by atoms with Crippen LogP contribution >= 0.6 is 0 Å². The summed E-state index contributed by atoms with van der Waals surface area (Å²) in [5.41, 5.74) is 4.02. The van der Waals surface area contributed by atoms with Gasteiger partial charge in [0, 0.05) is 49.4 Å². The number of anilines is 2. The molecule has 2 aromatic carbocycles. The van der Waals surface area contributed by atoms with Crippen LogP contribution in [0.2, 0.25) is 0 Å². The summed E-state index contributed by atoms with van der Waals surface area (Å²) >= 11 is 0. The molecule has 4 heterocycles. The molecule has 2 aliphatic rings. The summed E-state index contributed by atoms with van der Waals surface area (Å²) in [5.74, 6) is -0.151. The molecular weight excluding hydrogens is 464 g/mol. The van der Waals surface area contributed by atoms with Crippen LogP contribution in [0.1, 0.15) is 21.6 Å². The first-order chi connectivity index (χ1) is 17.3. The second-order valence-electron chi connectivity index (χ2n) is 9.58. The van der Waals surface area contributed by atoms with E-state index in [1.165, 1.54) is 9.80 Å². The number of aliphatic hydroxyl groups excluding tert-OH is 1. The number of hydrogen-bond donors (Lipinski definition) is 1. The van der Waals surface area contributed by atoms with Gasteiger partial charge in [0.2, 0.25) is 6.30 Å². The van der Waals surface area contributed by atoms with Crippen molar-refractivity contribution < 1.29 is 18.7 Å². The van der Waals surface area contributed by atoms with Gasteiger partial charge in [-0.1, -0.05) is 24.3 Å². The van der Waals surface area contributed by atoms with E-state index in [1.54, 1.807) is 23.0 Å².